The van der Waals surface area contributed by atoms with Gasteiger partial charge in [-0.2, -0.15) is 0 Å². The van der Waals surface area contributed by atoms with Crippen molar-refractivity contribution in [2.45, 2.75) is 32.6 Å². The van der Waals surface area contributed by atoms with Crippen molar-refractivity contribution < 1.29 is 14.3 Å². The Labute approximate surface area is 73.1 Å². The van der Waals surface area contributed by atoms with Gasteiger partial charge in [0.15, 0.2) is 0 Å². The second-order valence-corrected chi connectivity index (χ2v) is 2.84. The number of hydrogen-bond donors (Lipinski definition) is 0. The van der Waals surface area contributed by atoms with E-state index in [9.17, 15) is 9.59 Å². The first-order chi connectivity index (χ1) is 5.66. The summed E-state index contributed by atoms with van der Waals surface area (Å²) in [5.74, 6) is 0.327. The van der Waals surface area contributed by atoms with E-state index in [-0.39, 0.29) is 11.6 Å². The van der Waals surface area contributed by atoms with E-state index in [1.54, 1.807) is 14.0 Å². The monoisotopic (exact) mass is 172 g/mol. The molecule has 0 unspecified atom stereocenters. The van der Waals surface area contributed by atoms with Gasteiger partial charge in [0, 0.05) is 26.4 Å². The molecule has 0 rings (SSSR count). The van der Waals surface area contributed by atoms with E-state index in [1.165, 1.54) is 0 Å². The Hall–Kier alpha value is -0.700. The van der Waals surface area contributed by atoms with Gasteiger partial charge in [-0.3, -0.25) is 4.79 Å². The van der Waals surface area contributed by atoms with Gasteiger partial charge in [-0.1, -0.05) is 0 Å². The van der Waals surface area contributed by atoms with E-state index in [0.29, 0.717) is 32.3 Å². The molecule has 0 aliphatic carbocycles. The molecule has 0 radical (unpaired) electrons. The summed E-state index contributed by atoms with van der Waals surface area (Å²) in [5, 5.41) is 0. The summed E-state index contributed by atoms with van der Waals surface area (Å²) in [6.07, 6.45) is 2.16. The summed E-state index contributed by atoms with van der Waals surface area (Å²) >= 11 is 0. The van der Waals surface area contributed by atoms with E-state index in [1.807, 2.05) is 0 Å². The third kappa shape index (κ3) is 7.41. The summed E-state index contributed by atoms with van der Waals surface area (Å²) < 4.78 is 4.75. The van der Waals surface area contributed by atoms with Crippen LogP contribution in [0.2, 0.25) is 0 Å². The van der Waals surface area contributed by atoms with E-state index in [2.05, 4.69) is 0 Å². The van der Waals surface area contributed by atoms with Crippen LogP contribution in [-0.4, -0.2) is 25.3 Å². The van der Waals surface area contributed by atoms with Gasteiger partial charge < -0.3 is 9.53 Å². The van der Waals surface area contributed by atoms with Crippen LogP contribution in [-0.2, 0) is 14.3 Å². The first-order valence-electron chi connectivity index (χ1n) is 4.17. The fourth-order valence-electron chi connectivity index (χ4n) is 0.875. The van der Waals surface area contributed by atoms with Crippen molar-refractivity contribution in [3.63, 3.8) is 0 Å². The Balaban J connectivity index is 3.25. The van der Waals surface area contributed by atoms with Crippen LogP contribution in [0.15, 0.2) is 0 Å². The minimum Gasteiger partial charge on any atom is -0.384 e. The second kappa shape index (κ2) is 6.98. The van der Waals surface area contributed by atoms with Crippen LogP contribution in [0.3, 0.4) is 0 Å². The smallest absolute Gasteiger partial charge is 0.135 e. The SMILES string of the molecule is COCCC(=O)CCCC(C)=O. The molecular formula is C9H16O3. The number of ketones is 2. The van der Waals surface area contributed by atoms with Gasteiger partial charge in [0.05, 0.1) is 6.61 Å². The molecule has 0 aromatic carbocycles. The van der Waals surface area contributed by atoms with E-state index in [4.69, 9.17) is 4.74 Å². The maximum Gasteiger partial charge on any atom is 0.135 e. The Morgan fingerprint density at radius 2 is 1.83 bits per heavy atom. The predicted molar refractivity (Wildman–Crippen MR) is 46.0 cm³/mol. The lowest BCUT2D eigenvalue weighted by Crippen LogP contribution is -2.03. The highest BCUT2D eigenvalue weighted by Gasteiger charge is 2.01. The Kier molecular flexibility index (Phi) is 6.57. The van der Waals surface area contributed by atoms with Crippen LogP contribution in [0.25, 0.3) is 0 Å². The topological polar surface area (TPSA) is 43.4 Å². The van der Waals surface area contributed by atoms with Crippen molar-refractivity contribution in [2.24, 2.45) is 0 Å². The van der Waals surface area contributed by atoms with E-state index in [0.717, 1.165) is 0 Å². The predicted octanol–water partition coefficient (Wildman–Crippen LogP) is 1.35. The number of hydrogen-bond acceptors (Lipinski definition) is 3. The molecule has 12 heavy (non-hydrogen) atoms. The number of methoxy groups -OCH3 is 1. The Bertz CT molecular complexity index is 152. The third-order valence-electron chi connectivity index (χ3n) is 1.57. The number of carbonyl (C=O) groups excluding carboxylic acids is 2. The van der Waals surface area contributed by atoms with Gasteiger partial charge in [-0.05, 0) is 13.3 Å². The number of Topliss-reactive ketones (excluding diaryl/α,β-unsaturated/α-hetero) is 2. The van der Waals surface area contributed by atoms with E-state index < -0.39 is 0 Å². The summed E-state index contributed by atoms with van der Waals surface area (Å²) in [4.78, 5) is 21.5. The maximum atomic E-state index is 11.0. The van der Waals surface area contributed by atoms with Crippen molar-refractivity contribution in [1.82, 2.24) is 0 Å². The highest BCUT2D eigenvalue weighted by Crippen LogP contribution is 1.99. The van der Waals surface area contributed by atoms with Crippen LogP contribution in [0.5, 0.6) is 0 Å². The summed E-state index contributed by atoms with van der Waals surface area (Å²) in [5.41, 5.74) is 0. The van der Waals surface area contributed by atoms with Crippen molar-refractivity contribution >= 4 is 11.6 Å². The summed E-state index contributed by atoms with van der Waals surface area (Å²) in [7, 11) is 1.57. The third-order valence-corrected chi connectivity index (χ3v) is 1.57. The minimum atomic E-state index is 0.148. The number of carbonyl (C=O) groups is 2. The van der Waals surface area contributed by atoms with Crippen LogP contribution in [0.4, 0.5) is 0 Å². The molecule has 0 fully saturated rings. The summed E-state index contributed by atoms with van der Waals surface area (Å²) in [6, 6.07) is 0. The lowest BCUT2D eigenvalue weighted by atomic mass is 10.1. The standard InChI is InChI=1S/C9H16O3/c1-8(10)4-3-5-9(11)6-7-12-2/h3-7H2,1-2H3. The van der Waals surface area contributed by atoms with Gasteiger partial charge >= 0.3 is 0 Å². The molecule has 0 atom stereocenters. The van der Waals surface area contributed by atoms with E-state index >= 15 is 0 Å². The van der Waals surface area contributed by atoms with Crippen LogP contribution >= 0.6 is 0 Å². The molecule has 0 aromatic rings. The zero-order chi connectivity index (χ0) is 9.40. The molecule has 0 N–H and O–H groups in total. The molecule has 3 heteroatoms. The molecular weight excluding hydrogens is 156 g/mol. The first-order valence-corrected chi connectivity index (χ1v) is 4.17. The van der Waals surface area contributed by atoms with Crippen molar-refractivity contribution in [1.29, 1.82) is 0 Å². The molecule has 0 saturated heterocycles. The lowest BCUT2D eigenvalue weighted by molar-refractivity contribution is -0.120. The van der Waals surface area contributed by atoms with Crippen LogP contribution in [0.1, 0.15) is 32.6 Å². The minimum absolute atomic E-state index is 0.148. The molecule has 0 heterocycles. The molecule has 0 aliphatic rings. The fraction of sp³-hybridized carbons (Fsp3) is 0.778. The van der Waals surface area contributed by atoms with Gasteiger partial charge in [-0.25, -0.2) is 0 Å². The van der Waals surface area contributed by atoms with Gasteiger partial charge in [0.1, 0.15) is 11.6 Å². The molecule has 3 nitrogen and oxygen atoms in total. The average molecular weight is 172 g/mol. The zero-order valence-corrected chi connectivity index (χ0v) is 7.76. The fourth-order valence-corrected chi connectivity index (χ4v) is 0.875. The molecule has 0 spiro atoms. The van der Waals surface area contributed by atoms with Crippen LogP contribution in [0, 0.1) is 0 Å². The molecule has 0 saturated carbocycles. The van der Waals surface area contributed by atoms with Crippen molar-refractivity contribution in [2.75, 3.05) is 13.7 Å². The Morgan fingerprint density at radius 3 is 2.33 bits per heavy atom. The largest absolute Gasteiger partial charge is 0.384 e. The van der Waals surface area contributed by atoms with Crippen molar-refractivity contribution in [3.05, 3.63) is 0 Å². The van der Waals surface area contributed by atoms with Gasteiger partial charge in [0.25, 0.3) is 0 Å². The normalized spacial score (nSPS) is 9.83. The zero-order valence-electron chi connectivity index (χ0n) is 7.76. The van der Waals surface area contributed by atoms with Gasteiger partial charge in [-0.15, -0.1) is 0 Å². The Morgan fingerprint density at radius 1 is 1.17 bits per heavy atom. The number of rotatable bonds is 7. The lowest BCUT2D eigenvalue weighted by Gasteiger charge is -1.98. The van der Waals surface area contributed by atoms with Crippen LogP contribution < -0.4 is 0 Å². The van der Waals surface area contributed by atoms with Gasteiger partial charge in [0.2, 0.25) is 0 Å². The first kappa shape index (κ1) is 11.3. The second-order valence-electron chi connectivity index (χ2n) is 2.84. The molecule has 0 aromatic heterocycles. The number of ether oxygens (including phenoxy) is 1. The average Bonchev–Trinajstić information content (AvgIpc) is 2.00. The molecule has 70 valence electrons. The summed E-state index contributed by atoms with van der Waals surface area (Å²) in [6.45, 7) is 2.03. The molecule has 0 amide bonds. The highest BCUT2D eigenvalue weighted by molar-refractivity contribution is 5.80. The highest BCUT2D eigenvalue weighted by atomic mass is 16.5. The molecule has 0 aliphatic heterocycles. The molecule has 0 bridgehead atoms. The maximum absolute atomic E-state index is 11.0. The quantitative estimate of drug-likeness (QED) is 0.582. The van der Waals surface area contributed by atoms with Crippen molar-refractivity contribution in [3.8, 4) is 0 Å².